The van der Waals surface area contributed by atoms with Crippen molar-refractivity contribution >= 4 is 0 Å². The zero-order valence-corrected chi connectivity index (χ0v) is 13.5. The molecule has 2 atom stereocenters. The van der Waals surface area contributed by atoms with E-state index in [9.17, 15) is 10.2 Å². The maximum absolute atomic E-state index is 9.71. The molecule has 0 saturated heterocycles. The summed E-state index contributed by atoms with van der Waals surface area (Å²) in [4.78, 5) is 0. The van der Waals surface area contributed by atoms with E-state index in [1.807, 2.05) is 30.4 Å². The van der Waals surface area contributed by atoms with Crippen LogP contribution in [0.3, 0.4) is 0 Å². The van der Waals surface area contributed by atoms with E-state index in [0.717, 1.165) is 25.9 Å². The Morgan fingerprint density at radius 1 is 0.857 bits per heavy atom. The highest BCUT2D eigenvalue weighted by molar-refractivity contribution is 5.13. The van der Waals surface area contributed by atoms with Gasteiger partial charge in [0.15, 0.2) is 0 Å². The Labute approximate surface area is 129 Å². The molecule has 0 amide bonds. The smallest absolute Gasteiger partial charge is 0.0783 e. The van der Waals surface area contributed by atoms with Crippen LogP contribution in [0.15, 0.2) is 48.6 Å². The molecule has 0 aromatic carbocycles. The standard InChI is InChI=1S/C18H31NO2/c1-3-5-8-11-17(20)12-9-6-7-10-13-18(21)14-16-19-15-4-2/h5-10,12-13,17-21H,3-4,11,14-16H2,1-2H3/p+1/b7-6-,8-5-,12-9+,13-10+/t17-,18+/m0/s1. The summed E-state index contributed by atoms with van der Waals surface area (Å²) in [6.07, 6.45) is 17.8. The van der Waals surface area contributed by atoms with Crippen LogP contribution in [0.2, 0.25) is 0 Å². The van der Waals surface area contributed by atoms with Crippen molar-refractivity contribution in [3.63, 3.8) is 0 Å². The third-order valence-electron chi connectivity index (χ3n) is 2.94. The van der Waals surface area contributed by atoms with Gasteiger partial charge in [0.25, 0.3) is 0 Å². The molecule has 0 fully saturated rings. The Balaban J connectivity index is 3.77. The van der Waals surface area contributed by atoms with Crippen molar-refractivity contribution in [2.24, 2.45) is 0 Å². The van der Waals surface area contributed by atoms with Crippen molar-refractivity contribution in [2.75, 3.05) is 13.1 Å². The second-order valence-electron chi connectivity index (χ2n) is 5.06. The lowest BCUT2D eigenvalue weighted by atomic mass is 10.2. The summed E-state index contributed by atoms with van der Waals surface area (Å²) in [6.45, 7) is 6.31. The second kappa shape index (κ2) is 15.2. The highest BCUT2D eigenvalue weighted by Gasteiger charge is 1.98. The molecule has 0 rings (SSSR count). The summed E-state index contributed by atoms with van der Waals surface area (Å²) in [6, 6.07) is 0. The summed E-state index contributed by atoms with van der Waals surface area (Å²) in [5.41, 5.74) is 0. The molecule has 0 aliphatic heterocycles. The number of nitrogens with two attached hydrogens (primary N) is 1. The van der Waals surface area contributed by atoms with E-state index in [1.54, 1.807) is 12.2 Å². The Bertz CT molecular complexity index is 332. The van der Waals surface area contributed by atoms with Crippen molar-refractivity contribution in [1.29, 1.82) is 0 Å². The third kappa shape index (κ3) is 15.1. The predicted molar refractivity (Wildman–Crippen MR) is 90.0 cm³/mol. The molecule has 21 heavy (non-hydrogen) atoms. The average molecular weight is 294 g/mol. The van der Waals surface area contributed by atoms with E-state index in [2.05, 4.69) is 25.2 Å². The predicted octanol–water partition coefficient (Wildman–Crippen LogP) is 2.10. The molecule has 0 aliphatic carbocycles. The molecule has 4 N–H and O–H groups in total. The fourth-order valence-corrected chi connectivity index (χ4v) is 1.73. The van der Waals surface area contributed by atoms with Crippen LogP contribution >= 0.6 is 0 Å². The van der Waals surface area contributed by atoms with Crippen LogP contribution in [-0.2, 0) is 0 Å². The third-order valence-corrected chi connectivity index (χ3v) is 2.94. The summed E-state index contributed by atoms with van der Waals surface area (Å²) < 4.78 is 0. The summed E-state index contributed by atoms with van der Waals surface area (Å²) >= 11 is 0. The van der Waals surface area contributed by atoms with Crippen molar-refractivity contribution in [2.45, 2.75) is 51.7 Å². The normalized spacial score (nSPS) is 15.8. The van der Waals surface area contributed by atoms with Gasteiger partial charge < -0.3 is 15.5 Å². The van der Waals surface area contributed by atoms with Crippen LogP contribution in [0.25, 0.3) is 0 Å². The molecule has 0 unspecified atom stereocenters. The summed E-state index contributed by atoms with van der Waals surface area (Å²) in [5, 5.41) is 21.6. The minimum Gasteiger partial charge on any atom is -0.389 e. The Morgan fingerprint density at radius 3 is 2.14 bits per heavy atom. The first-order valence-electron chi connectivity index (χ1n) is 8.05. The van der Waals surface area contributed by atoms with Gasteiger partial charge >= 0.3 is 0 Å². The van der Waals surface area contributed by atoms with Crippen LogP contribution in [0.5, 0.6) is 0 Å². The van der Waals surface area contributed by atoms with Crippen molar-refractivity contribution in [3.05, 3.63) is 48.6 Å². The molecular formula is C18H32NO2+. The molecule has 0 bridgehead atoms. The number of aliphatic hydroxyl groups excluding tert-OH is 2. The first-order chi connectivity index (χ1) is 10.2. The first kappa shape index (κ1) is 19.8. The zero-order chi connectivity index (χ0) is 15.8. The highest BCUT2D eigenvalue weighted by atomic mass is 16.3. The second-order valence-corrected chi connectivity index (χ2v) is 5.06. The van der Waals surface area contributed by atoms with Gasteiger partial charge in [0.1, 0.15) is 0 Å². The van der Waals surface area contributed by atoms with Crippen molar-refractivity contribution in [1.82, 2.24) is 0 Å². The monoisotopic (exact) mass is 294 g/mol. The number of hydrogen-bond donors (Lipinski definition) is 3. The topological polar surface area (TPSA) is 57.1 Å². The van der Waals surface area contributed by atoms with Crippen molar-refractivity contribution in [3.8, 4) is 0 Å². The lowest BCUT2D eigenvalue weighted by Crippen LogP contribution is -2.84. The summed E-state index contributed by atoms with van der Waals surface area (Å²) in [5.74, 6) is 0. The highest BCUT2D eigenvalue weighted by Crippen LogP contribution is 1.97. The van der Waals surface area contributed by atoms with Gasteiger partial charge in [-0.1, -0.05) is 62.5 Å². The fraction of sp³-hybridized carbons (Fsp3) is 0.556. The number of allylic oxidation sites excluding steroid dienone is 5. The fourth-order valence-electron chi connectivity index (χ4n) is 1.73. The Morgan fingerprint density at radius 2 is 1.52 bits per heavy atom. The van der Waals surface area contributed by atoms with Gasteiger partial charge in [-0.3, -0.25) is 0 Å². The maximum Gasteiger partial charge on any atom is 0.0783 e. The minimum absolute atomic E-state index is 0.378. The van der Waals surface area contributed by atoms with E-state index in [0.29, 0.717) is 6.42 Å². The molecule has 0 aromatic rings. The lowest BCUT2D eigenvalue weighted by Gasteiger charge is -2.03. The van der Waals surface area contributed by atoms with Crippen LogP contribution < -0.4 is 5.32 Å². The van der Waals surface area contributed by atoms with Gasteiger partial charge in [-0.15, -0.1) is 0 Å². The van der Waals surface area contributed by atoms with Gasteiger partial charge in [0, 0.05) is 6.42 Å². The molecule has 0 radical (unpaired) electrons. The number of hydrogen-bond acceptors (Lipinski definition) is 2. The maximum atomic E-state index is 9.71. The van der Waals surface area contributed by atoms with Crippen LogP contribution in [0, 0.1) is 0 Å². The van der Waals surface area contributed by atoms with Gasteiger partial charge in [-0.2, -0.15) is 0 Å². The van der Waals surface area contributed by atoms with E-state index in [-0.39, 0.29) is 6.10 Å². The molecule has 0 heterocycles. The van der Waals surface area contributed by atoms with Gasteiger partial charge in [0.2, 0.25) is 0 Å². The number of rotatable bonds is 12. The molecule has 3 heteroatoms. The largest absolute Gasteiger partial charge is 0.389 e. The molecule has 0 spiro atoms. The number of quaternary nitrogens is 1. The Kier molecular flexibility index (Phi) is 14.4. The zero-order valence-electron chi connectivity index (χ0n) is 13.5. The molecule has 3 nitrogen and oxygen atoms in total. The van der Waals surface area contributed by atoms with Gasteiger partial charge in [-0.25, -0.2) is 0 Å². The number of aliphatic hydroxyl groups is 2. The van der Waals surface area contributed by atoms with E-state index >= 15 is 0 Å². The first-order valence-corrected chi connectivity index (χ1v) is 8.05. The minimum atomic E-state index is -0.430. The summed E-state index contributed by atoms with van der Waals surface area (Å²) in [7, 11) is 0. The molecule has 120 valence electrons. The molecule has 0 saturated carbocycles. The molecular weight excluding hydrogens is 262 g/mol. The molecule has 0 aliphatic rings. The van der Waals surface area contributed by atoms with E-state index in [4.69, 9.17) is 0 Å². The Hall–Kier alpha value is -1.16. The van der Waals surface area contributed by atoms with Crippen LogP contribution in [0.1, 0.15) is 39.5 Å². The SMILES string of the molecule is CC/C=C\C[C@H](O)/C=C/C=C\C=C\[C@@H](O)CC[NH2+]CCC. The van der Waals surface area contributed by atoms with Crippen molar-refractivity contribution < 1.29 is 15.5 Å². The quantitative estimate of drug-likeness (QED) is 0.293. The van der Waals surface area contributed by atoms with E-state index < -0.39 is 6.10 Å². The molecule has 0 aromatic heterocycles. The van der Waals surface area contributed by atoms with Crippen LogP contribution in [-0.4, -0.2) is 35.5 Å². The van der Waals surface area contributed by atoms with Gasteiger partial charge in [-0.05, 0) is 19.3 Å². The van der Waals surface area contributed by atoms with Gasteiger partial charge in [0.05, 0.1) is 25.3 Å². The lowest BCUT2D eigenvalue weighted by molar-refractivity contribution is -0.655. The van der Waals surface area contributed by atoms with E-state index in [1.165, 1.54) is 6.42 Å². The van der Waals surface area contributed by atoms with Crippen LogP contribution in [0.4, 0.5) is 0 Å². The average Bonchev–Trinajstić information content (AvgIpc) is 2.47.